The number of likely N-dealkylation sites (N-methyl/N-ethyl adjacent to an activating group) is 1. The summed E-state index contributed by atoms with van der Waals surface area (Å²) in [6, 6.07) is 0. The van der Waals surface area contributed by atoms with Gasteiger partial charge in [-0.25, -0.2) is 0 Å². The Hall–Kier alpha value is -0.120. The van der Waals surface area contributed by atoms with E-state index < -0.39 is 0 Å². The first-order valence-electron chi connectivity index (χ1n) is 4.70. The van der Waals surface area contributed by atoms with Crippen molar-refractivity contribution >= 4 is 0 Å². The SMILES string of the molecule is CN(CCO)CC1CCN(C)C1. The van der Waals surface area contributed by atoms with E-state index in [1.807, 2.05) is 0 Å². The maximum absolute atomic E-state index is 8.71. The van der Waals surface area contributed by atoms with E-state index in [0.717, 1.165) is 19.0 Å². The third-order valence-electron chi connectivity index (χ3n) is 2.54. The topological polar surface area (TPSA) is 26.7 Å². The summed E-state index contributed by atoms with van der Waals surface area (Å²) in [6.07, 6.45) is 1.31. The van der Waals surface area contributed by atoms with Crippen LogP contribution in [0.15, 0.2) is 0 Å². The molecule has 0 bridgehead atoms. The van der Waals surface area contributed by atoms with Gasteiger partial charge in [0.2, 0.25) is 0 Å². The van der Waals surface area contributed by atoms with Crippen LogP contribution in [-0.2, 0) is 0 Å². The monoisotopic (exact) mass is 172 g/mol. The van der Waals surface area contributed by atoms with E-state index in [1.165, 1.54) is 19.5 Å². The summed E-state index contributed by atoms with van der Waals surface area (Å²) < 4.78 is 0. The molecule has 1 aliphatic heterocycles. The van der Waals surface area contributed by atoms with Crippen molar-refractivity contribution in [1.82, 2.24) is 9.80 Å². The second-order valence-corrected chi connectivity index (χ2v) is 3.90. The first-order chi connectivity index (χ1) is 5.72. The number of aliphatic hydroxyl groups excluding tert-OH is 1. The van der Waals surface area contributed by atoms with E-state index in [1.54, 1.807) is 0 Å². The van der Waals surface area contributed by atoms with E-state index >= 15 is 0 Å². The van der Waals surface area contributed by atoms with Crippen molar-refractivity contribution in [2.45, 2.75) is 6.42 Å². The van der Waals surface area contributed by atoms with Gasteiger partial charge in [-0.1, -0.05) is 0 Å². The van der Waals surface area contributed by atoms with E-state index in [9.17, 15) is 0 Å². The summed E-state index contributed by atoms with van der Waals surface area (Å²) in [5.74, 6) is 0.812. The minimum atomic E-state index is 0.277. The summed E-state index contributed by atoms with van der Waals surface area (Å²) in [7, 11) is 4.25. The van der Waals surface area contributed by atoms with Crippen LogP contribution in [0.4, 0.5) is 0 Å². The lowest BCUT2D eigenvalue weighted by atomic mass is 10.1. The first-order valence-corrected chi connectivity index (χ1v) is 4.70. The predicted molar refractivity (Wildman–Crippen MR) is 50.2 cm³/mol. The fourth-order valence-corrected chi connectivity index (χ4v) is 1.88. The molecular weight excluding hydrogens is 152 g/mol. The molecule has 3 heteroatoms. The number of hydrogen-bond acceptors (Lipinski definition) is 3. The average Bonchev–Trinajstić information content (AvgIpc) is 2.36. The molecule has 1 fully saturated rings. The minimum absolute atomic E-state index is 0.277. The molecule has 0 aliphatic carbocycles. The Labute approximate surface area is 75.0 Å². The Kier molecular flexibility index (Phi) is 3.98. The molecule has 12 heavy (non-hydrogen) atoms. The second-order valence-electron chi connectivity index (χ2n) is 3.90. The fraction of sp³-hybridized carbons (Fsp3) is 1.00. The molecule has 1 aliphatic rings. The molecule has 0 aromatic carbocycles. The van der Waals surface area contributed by atoms with Gasteiger partial charge in [-0.15, -0.1) is 0 Å². The Morgan fingerprint density at radius 2 is 2.33 bits per heavy atom. The summed E-state index contributed by atoms with van der Waals surface area (Å²) in [4.78, 5) is 4.58. The fourth-order valence-electron chi connectivity index (χ4n) is 1.88. The molecule has 0 radical (unpaired) electrons. The van der Waals surface area contributed by atoms with Gasteiger partial charge in [-0.2, -0.15) is 0 Å². The molecule has 0 amide bonds. The lowest BCUT2D eigenvalue weighted by Crippen LogP contribution is -2.29. The molecule has 0 aromatic rings. The molecular formula is C9H20N2O. The van der Waals surface area contributed by atoms with Crippen molar-refractivity contribution in [2.24, 2.45) is 5.92 Å². The van der Waals surface area contributed by atoms with Crippen molar-refractivity contribution in [3.05, 3.63) is 0 Å². The molecule has 72 valence electrons. The normalized spacial score (nSPS) is 25.5. The first kappa shape index (κ1) is 9.96. The molecule has 1 atom stereocenters. The van der Waals surface area contributed by atoms with Crippen LogP contribution >= 0.6 is 0 Å². The highest BCUT2D eigenvalue weighted by Gasteiger charge is 2.20. The molecule has 3 nitrogen and oxygen atoms in total. The van der Waals surface area contributed by atoms with Gasteiger partial charge in [-0.3, -0.25) is 0 Å². The molecule has 0 spiro atoms. The van der Waals surface area contributed by atoms with E-state index in [0.29, 0.717) is 0 Å². The van der Waals surface area contributed by atoms with Crippen LogP contribution in [0.1, 0.15) is 6.42 Å². The van der Waals surface area contributed by atoms with E-state index in [4.69, 9.17) is 5.11 Å². The Bertz CT molecular complexity index is 130. The van der Waals surface area contributed by atoms with Crippen molar-refractivity contribution in [2.75, 3.05) is 46.9 Å². The molecule has 1 unspecified atom stereocenters. The van der Waals surface area contributed by atoms with Crippen LogP contribution in [0.5, 0.6) is 0 Å². The lowest BCUT2D eigenvalue weighted by molar-refractivity contribution is 0.202. The van der Waals surface area contributed by atoms with Gasteiger partial charge in [0.15, 0.2) is 0 Å². The smallest absolute Gasteiger partial charge is 0.0558 e. The van der Waals surface area contributed by atoms with Crippen molar-refractivity contribution in [3.63, 3.8) is 0 Å². The number of aliphatic hydroxyl groups is 1. The summed E-state index contributed by atoms with van der Waals surface area (Å²) in [5, 5.41) is 8.71. The van der Waals surface area contributed by atoms with Gasteiger partial charge in [-0.05, 0) is 33.0 Å². The van der Waals surface area contributed by atoms with Crippen LogP contribution < -0.4 is 0 Å². The third-order valence-corrected chi connectivity index (χ3v) is 2.54. The van der Waals surface area contributed by atoms with Gasteiger partial charge < -0.3 is 14.9 Å². The largest absolute Gasteiger partial charge is 0.395 e. The highest BCUT2D eigenvalue weighted by Crippen LogP contribution is 2.14. The molecule has 1 heterocycles. The minimum Gasteiger partial charge on any atom is -0.395 e. The molecule has 0 aromatic heterocycles. The van der Waals surface area contributed by atoms with Gasteiger partial charge in [0.25, 0.3) is 0 Å². The predicted octanol–water partition coefficient (Wildman–Crippen LogP) is -0.138. The number of nitrogens with zero attached hydrogens (tertiary/aromatic N) is 2. The highest BCUT2D eigenvalue weighted by atomic mass is 16.3. The Morgan fingerprint density at radius 1 is 1.58 bits per heavy atom. The highest BCUT2D eigenvalue weighted by molar-refractivity contribution is 4.74. The van der Waals surface area contributed by atoms with Crippen molar-refractivity contribution in [3.8, 4) is 0 Å². The van der Waals surface area contributed by atoms with Crippen LogP contribution in [0.2, 0.25) is 0 Å². The number of rotatable bonds is 4. The van der Waals surface area contributed by atoms with Crippen LogP contribution in [-0.4, -0.2) is 61.8 Å². The second kappa shape index (κ2) is 4.80. The number of likely N-dealkylation sites (tertiary alicyclic amines) is 1. The molecule has 1 saturated heterocycles. The zero-order valence-corrected chi connectivity index (χ0v) is 8.16. The molecule has 0 saturated carbocycles. The Morgan fingerprint density at radius 3 is 2.83 bits per heavy atom. The van der Waals surface area contributed by atoms with Crippen LogP contribution in [0, 0.1) is 5.92 Å². The maximum atomic E-state index is 8.71. The Balaban J connectivity index is 2.14. The van der Waals surface area contributed by atoms with Gasteiger partial charge in [0.1, 0.15) is 0 Å². The zero-order chi connectivity index (χ0) is 8.97. The summed E-state index contributed by atoms with van der Waals surface area (Å²) in [6.45, 7) is 4.66. The van der Waals surface area contributed by atoms with Gasteiger partial charge in [0.05, 0.1) is 6.61 Å². The maximum Gasteiger partial charge on any atom is 0.0558 e. The summed E-state index contributed by atoms with van der Waals surface area (Å²) >= 11 is 0. The molecule has 1 rings (SSSR count). The zero-order valence-electron chi connectivity index (χ0n) is 8.16. The van der Waals surface area contributed by atoms with Crippen LogP contribution in [0.25, 0.3) is 0 Å². The van der Waals surface area contributed by atoms with E-state index in [2.05, 4.69) is 23.9 Å². The lowest BCUT2D eigenvalue weighted by Gasteiger charge is -2.19. The average molecular weight is 172 g/mol. The summed E-state index contributed by atoms with van der Waals surface area (Å²) in [5.41, 5.74) is 0. The van der Waals surface area contributed by atoms with Crippen molar-refractivity contribution in [1.29, 1.82) is 0 Å². The standard InChI is InChI=1S/C9H20N2O/c1-10-4-3-9(7-10)8-11(2)5-6-12/h9,12H,3-8H2,1-2H3. The quantitative estimate of drug-likeness (QED) is 0.639. The number of hydrogen-bond donors (Lipinski definition) is 1. The third kappa shape index (κ3) is 3.09. The molecule has 1 N–H and O–H groups in total. The van der Waals surface area contributed by atoms with Crippen molar-refractivity contribution < 1.29 is 5.11 Å². The van der Waals surface area contributed by atoms with Gasteiger partial charge in [0, 0.05) is 19.6 Å². The van der Waals surface area contributed by atoms with Gasteiger partial charge >= 0.3 is 0 Å². The van der Waals surface area contributed by atoms with Crippen LogP contribution in [0.3, 0.4) is 0 Å². The van der Waals surface area contributed by atoms with E-state index in [-0.39, 0.29) is 6.61 Å².